The summed E-state index contributed by atoms with van der Waals surface area (Å²) >= 11 is 1.61. The van der Waals surface area contributed by atoms with Crippen LogP contribution in [0.25, 0.3) is 10.7 Å². The third-order valence-electron chi connectivity index (χ3n) is 4.82. The first-order chi connectivity index (χ1) is 13.8. The molecule has 4 rings (SSSR count). The molecular formula is C18H23N7O2S. The van der Waals surface area contributed by atoms with E-state index in [2.05, 4.69) is 25.1 Å². The number of aryl methyl sites for hydroxylation is 2. The number of piperazine rings is 1. The molecule has 28 heavy (non-hydrogen) atoms. The second-order valence-corrected chi connectivity index (χ2v) is 7.67. The van der Waals surface area contributed by atoms with Gasteiger partial charge in [-0.2, -0.15) is 10.1 Å². The summed E-state index contributed by atoms with van der Waals surface area (Å²) in [5.74, 6) is 1.54. The lowest BCUT2D eigenvalue weighted by atomic mass is 10.2. The minimum Gasteiger partial charge on any atom is -0.340 e. The van der Waals surface area contributed by atoms with Gasteiger partial charge < -0.3 is 9.42 Å². The first-order valence-corrected chi connectivity index (χ1v) is 10.3. The maximum atomic E-state index is 12.3. The Bertz CT molecular complexity index is 855. The zero-order valence-corrected chi connectivity index (χ0v) is 16.4. The molecule has 3 aromatic heterocycles. The van der Waals surface area contributed by atoms with E-state index in [1.165, 1.54) is 6.33 Å². The molecule has 0 unspecified atom stereocenters. The van der Waals surface area contributed by atoms with Crippen molar-refractivity contribution in [2.45, 2.75) is 25.8 Å². The quantitative estimate of drug-likeness (QED) is 0.565. The Morgan fingerprint density at radius 3 is 2.86 bits per heavy atom. The maximum Gasteiger partial charge on any atom is 0.227 e. The molecule has 0 aliphatic carbocycles. The van der Waals surface area contributed by atoms with Crippen LogP contribution in [0.4, 0.5) is 0 Å². The average Bonchev–Trinajstić information content (AvgIpc) is 3.49. The van der Waals surface area contributed by atoms with Crippen molar-refractivity contribution in [2.75, 3.05) is 32.7 Å². The largest absolute Gasteiger partial charge is 0.340 e. The van der Waals surface area contributed by atoms with Crippen LogP contribution < -0.4 is 0 Å². The van der Waals surface area contributed by atoms with Crippen LogP contribution >= 0.6 is 11.3 Å². The normalized spacial score (nSPS) is 15.2. The molecule has 1 fully saturated rings. The van der Waals surface area contributed by atoms with Crippen LogP contribution in [0.3, 0.4) is 0 Å². The van der Waals surface area contributed by atoms with Gasteiger partial charge in [-0.25, -0.2) is 4.98 Å². The number of amides is 1. The highest BCUT2D eigenvalue weighted by Crippen LogP contribution is 2.21. The topological polar surface area (TPSA) is 93.2 Å². The Balaban J connectivity index is 1.14. The summed E-state index contributed by atoms with van der Waals surface area (Å²) in [6.45, 7) is 4.91. The van der Waals surface area contributed by atoms with E-state index < -0.39 is 0 Å². The Labute approximate surface area is 167 Å². The highest BCUT2D eigenvalue weighted by Gasteiger charge is 2.21. The van der Waals surface area contributed by atoms with Gasteiger partial charge in [-0.3, -0.25) is 14.4 Å². The van der Waals surface area contributed by atoms with Crippen LogP contribution in [-0.4, -0.2) is 73.3 Å². The van der Waals surface area contributed by atoms with Gasteiger partial charge in [0, 0.05) is 39.0 Å². The van der Waals surface area contributed by atoms with Crippen LogP contribution in [0, 0.1) is 0 Å². The maximum absolute atomic E-state index is 12.3. The predicted molar refractivity (Wildman–Crippen MR) is 104 cm³/mol. The summed E-state index contributed by atoms with van der Waals surface area (Å²) < 4.78 is 7.04. The Kier molecular flexibility index (Phi) is 6.07. The van der Waals surface area contributed by atoms with Crippen LogP contribution in [0.15, 0.2) is 34.7 Å². The standard InChI is InChI=1S/C18H23N7O2S/c26-17(5-7-25-14-19-13-20-25)24-10-8-23(9-11-24)6-1-4-16-21-18(22-27-16)15-3-2-12-28-15/h2-3,12-14H,1,4-11H2. The fourth-order valence-corrected chi connectivity index (χ4v) is 3.90. The van der Waals surface area contributed by atoms with E-state index >= 15 is 0 Å². The minimum absolute atomic E-state index is 0.183. The number of thiophene rings is 1. The lowest BCUT2D eigenvalue weighted by molar-refractivity contribution is -0.133. The molecule has 1 saturated heterocycles. The van der Waals surface area contributed by atoms with E-state index in [4.69, 9.17) is 4.52 Å². The fraction of sp³-hybridized carbons (Fsp3) is 0.500. The molecule has 9 nitrogen and oxygen atoms in total. The lowest BCUT2D eigenvalue weighted by Gasteiger charge is -2.34. The van der Waals surface area contributed by atoms with E-state index in [0.717, 1.165) is 50.4 Å². The summed E-state index contributed by atoms with van der Waals surface area (Å²) in [4.78, 5) is 26.0. The van der Waals surface area contributed by atoms with Gasteiger partial charge >= 0.3 is 0 Å². The second-order valence-electron chi connectivity index (χ2n) is 6.72. The second kappa shape index (κ2) is 9.07. The van der Waals surface area contributed by atoms with Gasteiger partial charge in [0.05, 0.1) is 11.4 Å². The third kappa shape index (κ3) is 4.82. The first-order valence-electron chi connectivity index (χ1n) is 9.47. The summed E-state index contributed by atoms with van der Waals surface area (Å²) in [5, 5.41) is 10.1. The Morgan fingerprint density at radius 1 is 1.21 bits per heavy atom. The molecule has 0 atom stereocenters. The molecule has 0 radical (unpaired) electrons. The number of hydrogen-bond donors (Lipinski definition) is 0. The number of aromatic nitrogens is 5. The third-order valence-corrected chi connectivity index (χ3v) is 5.69. The van der Waals surface area contributed by atoms with Crippen LogP contribution in [0.1, 0.15) is 18.7 Å². The zero-order chi connectivity index (χ0) is 19.2. The van der Waals surface area contributed by atoms with Gasteiger partial charge in [-0.1, -0.05) is 11.2 Å². The highest BCUT2D eigenvalue weighted by molar-refractivity contribution is 7.13. The Hall–Kier alpha value is -2.59. The van der Waals surface area contributed by atoms with Crippen molar-refractivity contribution in [1.82, 2.24) is 34.7 Å². The van der Waals surface area contributed by atoms with Crippen LogP contribution in [-0.2, 0) is 17.8 Å². The molecule has 1 amide bonds. The number of carbonyl (C=O) groups is 1. The average molecular weight is 401 g/mol. The minimum atomic E-state index is 0.183. The summed E-state index contributed by atoms with van der Waals surface area (Å²) in [6, 6.07) is 3.97. The molecular weight excluding hydrogens is 378 g/mol. The van der Waals surface area contributed by atoms with E-state index in [1.807, 2.05) is 22.4 Å². The van der Waals surface area contributed by atoms with Crippen molar-refractivity contribution >= 4 is 17.2 Å². The molecule has 0 spiro atoms. The van der Waals surface area contributed by atoms with Crippen molar-refractivity contribution in [1.29, 1.82) is 0 Å². The van der Waals surface area contributed by atoms with Crippen molar-refractivity contribution in [3.63, 3.8) is 0 Å². The summed E-state index contributed by atoms with van der Waals surface area (Å²) in [7, 11) is 0. The summed E-state index contributed by atoms with van der Waals surface area (Å²) in [5.41, 5.74) is 0. The smallest absolute Gasteiger partial charge is 0.227 e. The fourth-order valence-electron chi connectivity index (χ4n) is 3.25. The molecule has 3 aromatic rings. The summed E-state index contributed by atoms with van der Waals surface area (Å²) in [6.07, 6.45) is 5.33. The number of hydrogen-bond acceptors (Lipinski definition) is 8. The predicted octanol–water partition coefficient (Wildman–Crippen LogP) is 1.56. The van der Waals surface area contributed by atoms with E-state index in [-0.39, 0.29) is 5.91 Å². The van der Waals surface area contributed by atoms with Crippen molar-refractivity contribution in [2.24, 2.45) is 0 Å². The molecule has 10 heteroatoms. The lowest BCUT2D eigenvalue weighted by Crippen LogP contribution is -2.49. The van der Waals surface area contributed by atoms with Gasteiger partial charge in [0.2, 0.25) is 17.6 Å². The van der Waals surface area contributed by atoms with Gasteiger partial charge in [0.1, 0.15) is 12.7 Å². The molecule has 0 N–H and O–H groups in total. The van der Waals surface area contributed by atoms with Gasteiger partial charge in [-0.15, -0.1) is 11.3 Å². The molecule has 4 heterocycles. The van der Waals surface area contributed by atoms with Crippen molar-refractivity contribution in [3.05, 3.63) is 36.1 Å². The molecule has 1 aliphatic heterocycles. The molecule has 1 aliphatic rings. The molecule has 148 valence electrons. The van der Waals surface area contributed by atoms with Gasteiger partial charge in [0.15, 0.2) is 0 Å². The van der Waals surface area contributed by atoms with Crippen molar-refractivity contribution in [3.8, 4) is 10.7 Å². The van der Waals surface area contributed by atoms with Gasteiger partial charge in [-0.05, 0) is 24.4 Å². The molecule has 0 bridgehead atoms. The number of carbonyl (C=O) groups excluding carboxylic acids is 1. The zero-order valence-electron chi connectivity index (χ0n) is 15.6. The molecule has 0 saturated carbocycles. The van der Waals surface area contributed by atoms with E-state index in [1.54, 1.807) is 22.3 Å². The monoisotopic (exact) mass is 401 g/mol. The van der Waals surface area contributed by atoms with Crippen LogP contribution in [0.2, 0.25) is 0 Å². The van der Waals surface area contributed by atoms with Gasteiger partial charge in [0.25, 0.3) is 0 Å². The van der Waals surface area contributed by atoms with Crippen molar-refractivity contribution < 1.29 is 9.32 Å². The number of nitrogens with zero attached hydrogens (tertiary/aromatic N) is 7. The van der Waals surface area contributed by atoms with Crippen LogP contribution in [0.5, 0.6) is 0 Å². The Morgan fingerprint density at radius 2 is 2.11 bits per heavy atom. The SMILES string of the molecule is O=C(CCn1cncn1)N1CCN(CCCc2nc(-c3cccs3)no2)CC1. The van der Waals surface area contributed by atoms with E-state index in [9.17, 15) is 4.79 Å². The van der Waals surface area contributed by atoms with E-state index in [0.29, 0.717) is 24.7 Å². The number of rotatable bonds is 8. The highest BCUT2D eigenvalue weighted by atomic mass is 32.1. The first kappa shape index (κ1) is 18.8. The molecule has 0 aromatic carbocycles.